The Kier molecular flexibility index (Phi) is 2.82. The zero-order valence-corrected chi connectivity index (χ0v) is 7.81. The van der Waals surface area contributed by atoms with E-state index in [0.717, 1.165) is 6.08 Å². The summed E-state index contributed by atoms with van der Waals surface area (Å²) in [5, 5.41) is 6.21. The summed E-state index contributed by atoms with van der Waals surface area (Å²) in [5.41, 5.74) is -4.66. The first-order valence-corrected chi connectivity index (χ1v) is 4.16. The lowest BCUT2D eigenvalue weighted by atomic mass is 9.90. The Morgan fingerprint density at radius 1 is 1.53 bits per heavy atom. The first kappa shape index (κ1) is 12.0. The first-order chi connectivity index (χ1) is 6.70. The second-order valence-electron chi connectivity index (χ2n) is 2.91. The molecule has 0 heterocycles. The van der Waals surface area contributed by atoms with Gasteiger partial charge < -0.3 is 5.11 Å². The van der Waals surface area contributed by atoms with Crippen molar-refractivity contribution in [1.82, 2.24) is 0 Å². The van der Waals surface area contributed by atoms with Crippen LogP contribution in [0.2, 0.25) is 0 Å². The molecular weight excluding hydrogens is 240 g/mol. The van der Waals surface area contributed by atoms with Crippen molar-refractivity contribution in [3.63, 3.8) is 0 Å². The lowest BCUT2D eigenvalue weighted by molar-refractivity contribution is -0.210. The van der Waals surface area contributed by atoms with Gasteiger partial charge in [0.05, 0.1) is 5.57 Å². The van der Waals surface area contributed by atoms with Crippen LogP contribution in [0, 0.1) is 0 Å². The van der Waals surface area contributed by atoms with Gasteiger partial charge >= 0.3 is 12.1 Å². The predicted octanol–water partition coefficient (Wildman–Crippen LogP) is 2.45. The van der Waals surface area contributed by atoms with E-state index in [2.05, 4.69) is 0 Å². The van der Waals surface area contributed by atoms with Crippen LogP contribution in [-0.4, -0.2) is 28.3 Å². The Morgan fingerprint density at radius 2 is 2.07 bits per heavy atom. The van der Waals surface area contributed by atoms with Crippen LogP contribution in [0.1, 0.15) is 0 Å². The summed E-state index contributed by atoms with van der Waals surface area (Å²) in [6.07, 6.45) is -3.51. The van der Waals surface area contributed by atoms with Gasteiger partial charge in [-0.25, -0.2) is 9.18 Å². The summed E-state index contributed by atoms with van der Waals surface area (Å²) >= 11 is 5.17. The maximum Gasteiger partial charge on any atom is 0.428 e. The van der Waals surface area contributed by atoms with E-state index in [4.69, 9.17) is 16.7 Å². The van der Waals surface area contributed by atoms with Crippen molar-refractivity contribution in [2.75, 3.05) is 0 Å². The second-order valence-corrected chi connectivity index (χ2v) is 3.35. The molecule has 2 atom stereocenters. The third-order valence-electron chi connectivity index (χ3n) is 1.94. The Labute approximate surface area is 86.8 Å². The highest BCUT2D eigenvalue weighted by molar-refractivity contribution is 6.26. The zero-order valence-electron chi connectivity index (χ0n) is 7.05. The van der Waals surface area contributed by atoms with Gasteiger partial charge in [0.2, 0.25) is 5.67 Å². The minimum atomic E-state index is -5.25. The molecule has 0 saturated heterocycles. The van der Waals surface area contributed by atoms with E-state index in [-0.39, 0.29) is 6.08 Å². The van der Waals surface area contributed by atoms with E-state index in [0.29, 0.717) is 6.08 Å². The standard InChI is InChI=1S/C8H5ClF4O2/c9-5-4(6(14)15)2-1-3-7(5,10)8(11,12)13/h1-3,5H,(H,14,15). The monoisotopic (exact) mass is 244 g/mol. The molecule has 0 aliphatic heterocycles. The van der Waals surface area contributed by atoms with Gasteiger partial charge in [-0.2, -0.15) is 13.2 Å². The van der Waals surface area contributed by atoms with Crippen LogP contribution in [0.25, 0.3) is 0 Å². The number of hydrogen-bond acceptors (Lipinski definition) is 1. The number of aliphatic carboxylic acids is 1. The Bertz CT molecular complexity index is 347. The van der Waals surface area contributed by atoms with Crippen LogP contribution < -0.4 is 0 Å². The molecule has 0 bridgehead atoms. The highest BCUT2D eigenvalue weighted by Crippen LogP contribution is 2.44. The number of rotatable bonds is 1. The molecule has 1 aliphatic rings. The van der Waals surface area contributed by atoms with Gasteiger partial charge in [0.25, 0.3) is 0 Å². The molecule has 1 N–H and O–H groups in total. The van der Waals surface area contributed by atoms with Gasteiger partial charge in [0.1, 0.15) is 5.38 Å². The molecule has 0 aromatic heterocycles. The number of hydrogen-bond donors (Lipinski definition) is 1. The van der Waals surface area contributed by atoms with Crippen molar-refractivity contribution in [2.45, 2.75) is 17.2 Å². The van der Waals surface area contributed by atoms with E-state index < -0.39 is 28.8 Å². The SMILES string of the molecule is O=C(O)C1=CC=CC(F)(C(F)(F)F)C1Cl. The summed E-state index contributed by atoms with van der Waals surface area (Å²) in [7, 11) is 0. The van der Waals surface area contributed by atoms with Crippen LogP contribution in [0.15, 0.2) is 23.8 Å². The fourth-order valence-electron chi connectivity index (χ4n) is 1.10. The molecule has 0 aromatic rings. The lowest BCUT2D eigenvalue weighted by Gasteiger charge is -2.31. The lowest BCUT2D eigenvalue weighted by Crippen LogP contribution is -2.49. The van der Waals surface area contributed by atoms with Crippen LogP contribution in [0.5, 0.6) is 0 Å². The first-order valence-electron chi connectivity index (χ1n) is 3.72. The van der Waals surface area contributed by atoms with Crippen molar-refractivity contribution >= 4 is 17.6 Å². The van der Waals surface area contributed by atoms with Gasteiger partial charge in [0, 0.05) is 0 Å². The fraction of sp³-hybridized carbons (Fsp3) is 0.375. The average molecular weight is 245 g/mol. The Morgan fingerprint density at radius 3 is 2.47 bits per heavy atom. The number of carboxylic acid groups (broad SMARTS) is 1. The van der Waals surface area contributed by atoms with Gasteiger partial charge in [-0.15, -0.1) is 11.6 Å². The number of halogens is 5. The molecule has 0 fully saturated rings. The molecule has 0 aromatic carbocycles. The Hall–Kier alpha value is -1.04. The van der Waals surface area contributed by atoms with Crippen LogP contribution in [0.4, 0.5) is 17.6 Å². The van der Waals surface area contributed by atoms with Crippen LogP contribution in [0.3, 0.4) is 0 Å². The molecule has 2 nitrogen and oxygen atoms in total. The van der Waals surface area contributed by atoms with Gasteiger partial charge in [-0.3, -0.25) is 0 Å². The van der Waals surface area contributed by atoms with Crippen molar-refractivity contribution in [3.8, 4) is 0 Å². The number of carboxylic acids is 1. The second kappa shape index (κ2) is 3.52. The molecule has 0 saturated carbocycles. The highest BCUT2D eigenvalue weighted by Gasteiger charge is 2.61. The van der Waals surface area contributed by atoms with Crippen molar-refractivity contribution in [2.24, 2.45) is 0 Å². The molecule has 0 spiro atoms. The maximum atomic E-state index is 13.4. The smallest absolute Gasteiger partial charge is 0.428 e. The summed E-state index contributed by atoms with van der Waals surface area (Å²) in [6.45, 7) is 0. The average Bonchev–Trinajstić information content (AvgIpc) is 2.07. The van der Waals surface area contributed by atoms with Gasteiger partial charge in [-0.1, -0.05) is 12.2 Å². The molecule has 84 valence electrons. The van der Waals surface area contributed by atoms with E-state index in [9.17, 15) is 22.4 Å². The minimum Gasteiger partial charge on any atom is -0.478 e. The van der Waals surface area contributed by atoms with E-state index in [1.165, 1.54) is 0 Å². The predicted molar refractivity (Wildman–Crippen MR) is 44.4 cm³/mol. The normalized spacial score (nSPS) is 31.3. The molecule has 1 aliphatic carbocycles. The fourth-order valence-corrected chi connectivity index (χ4v) is 1.47. The third-order valence-corrected chi connectivity index (χ3v) is 2.49. The summed E-state index contributed by atoms with van der Waals surface area (Å²) in [5.74, 6) is -1.68. The molecule has 0 amide bonds. The Balaban J connectivity index is 3.15. The quantitative estimate of drug-likeness (QED) is 0.568. The van der Waals surface area contributed by atoms with Crippen molar-refractivity contribution < 1.29 is 27.5 Å². The van der Waals surface area contributed by atoms with Crippen molar-refractivity contribution in [3.05, 3.63) is 23.8 Å². The number of carbonyl (C=O) groups is 1. The zero-order chi connectivity index (χ0) is 11.9. The summed E-state index contributed by atoms with van der Waals surface area (Å²) < 4.78 is 50.3. The van der Waals surface area contributed by atoms with Crippen LogP contribution >= 0.6 is 11.6 Å². The molecule has 2 unspecified atom stereocenters. The molecule has 15 heavy (non-hydrogen) atoms. The van der Waals surface area contributed by atoms with E-state index in [1.54, 1.807) is 0 Å². The van der Waals surface area contributed by atoms with Crippen LogP contribution in [-0.2, 0) is 4.79 Å². The van der Waals surface area contributed by atoms with Gasteiger partial charge in [-0.05, 0) is 6.08 Å². The number of allylic oxidation sites excluding steroid dienone is 3. The summed E-state index contributed by atoms with van der Waals surface area (Å²) in [4.78, 5) is 10.5. The molecule has 1 rings (SSSR count). The highest BCUT2D eigenvalue weighted by atomic mass is 35.5. The minimum absolute atomic E-state index is 0.205. The largest absolute Gasteiger partial charge is 0.478 e. The van der Waals surface area contributed by atoms with E-state index in [1.807, 2.05) is 0 Å². The number of alkyl halides is 5. The molecular formula is C8H5ClF4O2. The third kappa shape index (κ3) is 1.86. The van der Waals surface area contributed by atoms with Gasteiger partial charge in [0.15, 0.2) is 0 Å². The summed E-state index contributed by atoms with van der Waals surface area (Å²) in [6, 6.07) is 0. The van der Waals surface area contributed by atoms with Crippen molar-refractivity contribution in [1.29, 1.82) is 0 Å². The molecule has 0 radical (unpaired) electrons. The molecule has 7 heteroatoms. The topological polar surface area (TPSA) is 37.3 Å². The maximum absolute atomic E-state index is 13.4. The van der Waals surface area contributed by atoms with E-state index >= 15 is 0 Å².